The van der Waals surface area contributed by atoms with Crippen LogP contribution in [0, 0.1) is 5.82 Å². The third kappa shape index (κ3) is 5.81. The lowest BCUT2D eigenvalue weighted by molar-refractivity contribution is -0.126. The van der Waals surface area contributed by atoms with Gasteiger partial charge in [-0.15, -0.1) is 0 Å². The Hall–Kier alpha value is -1.46. The Bertz CT molecular complexity index is 381. The van der Waals surface area contributed by atoms with Gasteiger partial charge in [0, 0.05) is 7.11 Å². The van der Waals surface area contributed by atoms with E-state index in [1.807, 2.05) is 6.92 Å². The molecule has 1 aromatic rings. The van der Waals surface area contributed by atoms with E-state index in [4.69, 9.17) is 9.47 Å². The molecule has 0 aliphatic carbocycles. The minimum absolute atomic E-state index is 0.00105. The Morgan fingerprint density at radius 3 is 2.58 bits per heavy atom. The molecule has 0 unspecified atom stereocenters. The van der Waals surface area contributed by atoms with E-state index in [9.17, 15) is 9.18 Å². The van der Waals surface area contributed by atoms with Crippen LogP contribution >= 0.6 is 0 Å². The average molecular weight is 269 g/mol. The molecule has 1 aromatic carbocycles. The summed E-state index contributed by atoms with van der Waals surface area (Å²) in [5.74, 6) is -0.472. The minimum atomic E-state index is -0.284. The molecule has 0 radical (unpaired) electrons. The predicted octanol–water partition coefficient (Wildman–Crippen LogP) is 2.06. The molecular formula is C14H20FNO3. The van der Waals surface area contributed by atoms with Crippen LogP contribution in [0.15, 0.2) is 24.3 Å². The number of hydrogen-bond acceptors (Lipinski definition) is 3. The zero-order chi connectivity index (χ0) is 14.1. The van der Waals surface area contributed by atoms with Crippen LogP contribution in [-0.2, 0) is 14.3 Å². The molecule has 0 aromatic heterocycles. The normalized spacial score (nSPS) is 12.2. The van der Waals surface area contributed by atoms with Crippen molar-refractivity contribution in [1.29, 1.82) is 0 Å². The molecular weight excluding hydrogens is 249 g/mol. The van der Waals surface area contributed by atoms with Crippen molar-refractivity contribution in [1.82, 2.24) is 5.32 Å². The van der Waals surface area contributed by atoms with Gasteiger partial charge in [0.25, 0.3) is 0 Å². The van der Waals surface area contributed by atoms with Crippen molar-refractivity contribution >= 4 is 5.91 Å². The number of carbonyl (C=O) groups excluding carboxylic acids is 1. The third-order valence-electron chi connectivity index (χ3n) is 2.68. The smallest absolute Gasteiger partial charge is 0.246 e. The summed E-state index contributed by atoms with van der Waals surface area (Å²) < 4.78 is 22.8. The summed E-state index contributed by atoms with van der Waals surface area (Å²) in [4.78, 5) is 11.7. The number of hydrogen-bond donors (Lipinski definition) is 1. The van der Waals surface area contributed by atoms with Crippen LogP contribution in [0.2, 0.25) is 0 Å². The second-order valence-corrected chi connectivity index (χ2v) is 4.13. The largest absolute Gasteiger partial charge is 0.382 e. The summed E-state index contributed by atoms with van der Waals surface area (Å²) in [6, 6.07) is 6.00. The van der Waals surface area contributed by atoms with Crippen molar-refractivity contribution in [2.24, 2.45) is 0 Å². The Labute approximate surface area is 112 Å². The van der Waals surface area contributed by atoms with E-state index >= 15 is 0 Å². The molecule has 19 heavy (non-hydrogen) atoms. The molecule has 0 fully saturated rings. The summed E-state index contributed by atoms with van der Waals surface area (Å²) >= 11 is 0. The Kier molecular flexibility index (Phi) is 7.07. The lowest BCUT2D eigenvalue weighted by atomic mass is 10.0. The molecule has 0 bridgehead atoms. The van der Waals surface area contributed by atoms with Gasteiger partial charge in [0.1, 0.15) is 12.4 Å². The van der Waals surface area contributed by atoms with E-state index in [1.165, 1.54) is 12.1 Å². The molecule has 0 aliphatic rings. The van der Waals surface area contributed by atoms with Crippen molar-refractivity contribution < 1.29 is 18.7 Å². The molecule has 1 atom stereocenters. The van der Waals surface area contributed by atoms with Crippen LogP contribution in [0.25, 0.3) is 0 Å². The number of carbonyl (C=O) groups is 1. The first kappa shape index (κ1) is 15.6. The predicted molar refractivity (Wildman–Crippen MR) is 70.3 cm³/mol. The van der Waals surface area contributed by atoms with Crippen LogP contribution in [0.3, 0.4) is 0 Å². The highest BCUT2D eigenvalue weighted by atomic mass is 19.1. The summed E-state index contributed by atoms with van der Waals surface area (Å²) in [5.41, 5.74) is 0.883. The SMILES string of the molecule is CC[C@@H](NC(=O)COCCOC)c1ccc(F)cc1. The quantitative estimate of drug-likeness (QED) is 0.735. The number of benzene rings is 1. The average Bonchev–Trinajstić information content (AvgIpc) is 2.42. The van der Waals surface area contributed by atoms with Gasteiger partial charge in [-0.2, -0.15) is 0 Å². The molecule has 5 heteroatoms. The Morgan fingerprint density at radius 1 is 1.32 bits per heavy atom. The van der Waals surface area contributed by atoms with Crippen LogP contribution < -0.4 is 5.32 Å². The first-order valence-corrected chi connectivity index (χ1v) is 6.29. The number of halogens is 1. The monoisotopic (exact) mass is 269 g/mol. The van der Waals surface area contributed by atoms with E-state index in [0.29, 0.717) is 13.2 Å². The summed E-state index contributed by atoms with van der Waals surface area (Å²) in [7, 11) is 1.57. The van der Waals surface area contributed by atoms with Gasteiger partial charge in [0.05, 0.1) is 19.3 Å². The molecule has 0 aliphatic heterocycles. The number of amides is 1. The van der Waals surface area contributed by atoms with Gasteiger partial charge in [-0.05, 0) is 24.1 Å². The molecule has 1 N–H and O–H groups in total. The standard InChI is InChI=1S/C14H20FNO3/c1-3-13(11-4-6-12(15)7-5-11)16-14(17)10-19-9-8-18-2/h4-7,13H,3,8-10H2,1-2H3,(H,16,17)/t13-/m1/s1. The Morgan fingerprint density at radius 2 is 2.00 bits per heavy atom. The Balaban J connectivity index is 2.43. The lowest BCUT2D eigenvalue weighted by Crippen LogP contribution is -2.31. The maximum Gasteiger partial charge on any atom is 0.246 e. The highest BCUT2D eigenvalue weighted by molar-refractivity contribution is 5.77. The lowest BCUT2D eigenvalue weighted by Gasteiger charge is -2.17. The van der Waals surface area contributed by atoms with Crippen molar-refractivity contribution in [2.45, 2.75) is 19.4 Å². The molecule has 0 saturated heterocycles. The second kappa shape index (κ2) is 8.61. The van der Waals surface area contributed by atoms with Gasteiger partial charge in [0.2, 0.25) is 5.91 Å². The van der Waals surface area contributed by atoms with E-state index in [2.05, 4.69) is 5.32 Å². The fourth-order valence-electron chi connectivity index (χ4n) is 1.66. The summed E-state index contributed by atoms with van der Waals surface area (Å²) in [5, 5.41) is 2.85. The summed E-state index contributed by atoms with van der Waals surface area (Å²) in [6.07, 6.45) is 0.732. The van der Waals surface area contributed by atoms with Crippen molar-refractivity contribution in [3.8, 4) is 0 Å². The van der Waals surface area contributed by atoms with Crippen LogP contribution in [0.5, 0.6) is 0 Å². The molecule has 0 saturated carbocycles. The van der Waals surface area contributed by atoms with Crippen LogP contribution in [0.4, 0.5) is 4.39 Å². The first-order valence-electron chi connectivity index (χ1n) is 6.29. The minimum Gasteiger partial charge on any atom is -0.382 e. The number of methoxy groups -OCH3 is 1. The van der Waals surface area contributed by atoms with Crippen LogP contribution in [-0.4, -0.2) is 32.8 Å². The van der Waals surface area contributed by atoms with Gasteiger partial charge in [0.15, 0.2) is 0 Å². The molecule has 1 rings (SSSR count). The third-order valence-corrected chi connectivity index (χ3v) is 2.68. The topological polar surface area (TPSA) is 47.6 Å². The maximum absolute atomic E-state index is 12.8. The van der Waals surface area contributed by atoms with Gasteiger partial charge >= 0.3 is 0 Å². The van der Waals surface area contributed by atoms with Crippen molar-refractivity contribution in [3.05, 3.63) is 35.6 Å². The van der Waals surface area contributed by atoms with Crippen LogP contribution in [0.1, 0.15) is 24.9 Å². The molecule has 0 spiro atoms. The highest BCUT2D eigenvalue weighted by Crippen LogP contribution is 2.16. The fourth-order valence-corrected chi connectivity index (χ4v) is 1.66. The van der Waals surface area contributed by atoms with E-state index in [-0.39, 0.29) is 24.4 Å². The van der Waals surface area contributed by atoms with Gasteiger partial charge in [-0.1, -0.05) is 19.1 Å². The number of ether oxygens (including phenoxy) is 2. The molecule has 0 heterocycles. The van der Waals surface area contributed by atoms with E-state index < -0.39 is 0 Å². The molecule has 1 amide bonds. The van der Waals surface area contributed by atoms with Gasteiger partial charge in [-0.3, -0.25) is 4.79 Å². The van der Waals surface area contributed by atoms with Crippen molar-refractivity contribution in [3.63, 3.8) is 0 Å². The highest BCUT2D eigenvalue weighted by Gasteiger charge is 2.12. The zero-order valence-electron chi connectivity index (χ0n) is 11.3. The van der Waals surface area contributed by atoms with Crippen molar-refractivity contribution in [2.75, 3.05) is 26.9 Å². The number of nitrogens with one attached hydrogen (secondary N) is 1. The van der Waals surface area contributed by atoms with Gasteiger partial charge in [-0.25, -0.2) is 4.39 Å². The summed E-state index contributed by atoms with van der Waals surface area (Å²) in [6.45, 7) is 2.81. The number of rotatable bonds is 8. The molecule has 4 nitrogen and oxygen atoms in total. The molecule has 106 valence electrons. The first-order chi connectivity index (χ1) is 9.17. The van der Waals surface area contributed by atoms with E-state index in [0.717, 1.165) is 12.0 Å². The zero-order valence-corrected chi connectivity index (χ0v) is 11.3. The fraction of sp³-hybridized carbons (Fsp3) is 0.500. The van der Waals surface area contributed by atoms with E-state index in [1.54, 1.807) is 19.2 Å². The second-order valence-electron chi connectivity index (χ2n) is 4.13. The maximum atomic E-state index is 12.8. The van der Waals surface area contributed by atoms with Gasteiger partial charge < -0.3 is 14.8 Å².